The first kappa shape index (κ1) is 18.2. The van der Waals surface area contributed by atoms with Crippen LogP contribution in [0.1, 0.15) is 5.76 Å². The number of hydrazone groups is 1. The molecule has 25 heavy (non-hydrogen) atoms. The molecule has 0 atom stereocenters. The van der Waals surface area contributed by atoms with Crippen molar-refractivity contribution in [3.05, 3.63) is 42.2 Å². The van der Waals surface area contributed by atoms with E-state index in [-0.39, 0.29) is 6.54 Å². The van der Waals surface area contributed by atoms with Gasteiger partial charge in [-0.25, -0.2) is 0 Å². The van der Waals surface area contributed by atoms with Crippen molar-refractivity contribution < 1.29 is 22.5 Å². The predicted molar refractivity (Wildman–Crippen MR) is 84.8 cm³/mol. The Kier molecular flexibility index (Phi) is 5.88. The Morgan fingerprint density at radius 2 is 2.04 bits per heavy atom. The van der Waals surface area contributed by atoms with Gasteiger partial charge in [0.25, 0.3) is 5.91 Å². The van der Waals surface area contributed by atoms with Gasteiger partial charge in [0.2, 0.25) is 0 Å². The molecule has 0 unspecified atom stereocenters. The van der Waals surface area contributed by atoms with Crippen LogP contribution in [0.5, 0.6) is 0 Å². The fourth-order valence-corrected chi connectivity index (χ4v) is 1.79. The number of alkyl halides is 3. The van der Waals surface area contributed by atoms with Crippen LogP contribution >= 0.6 is 0 Å². The monoisotopic (exact) mass is 353 g/mol. The molecule has 0 radical (unpaired) electrons. The Balaban J connectivity index is 1.92. The molecule has 1 aromatic carbocycles. The number of nitrogens with one attached hydrogen (secondary N) is 1. The second-order valence-electron chi connectivity index (χ2n) is 4.83. The second-order valence-corrected chi connectivity index (χ2v) is 4.83. The van der Waals surface area contributed by atoms with Gasteiger partial charge in [0.05, 0.1) is 12.8 Å². The third kappa shape index (κ3) is 5.75. The first-order valence-corrected chi connectivity index (χ1v) is 7.02. The molecule has 0 fully saturated rings. The summed E-state index contributed by atoms with van der Waals surface area (Å²) in [5.74, 6) is 4.56. The standard InChI is InChI=1S/C15H14F3N5O2/c16-15(17,18)9-20-8-13(22-19)14(24)21-7-11-6-12(23-25-11)10-4-2-1-3-5-10/h1-6,8H,7,9,19H2,(H,21,24)/b20-8?,22-13+. The van der Waals surface area contributed by atoms with Crippen LogP contribution in [0.4, 0.5) is 13.2 Å². The first-order chi connectivity index (χ1) is 11.9. The highest BCUT2D eigenvalue weighted by Crippen LogP contribution is 2.18. The Hall–Kier alpha value is -3.17. The third-order valence-corrected chi connectivity index (χ3v) is 2.91. The first-order valence-electron chi connectivity index (χ1n) is 7.02. The smallest absolute Gasteiger partial charge is 0.359 e. The van der Waals surface area contributed by atoms with Gasteiger partial charge >= 0.3 is 6.18 Å². The number of halogens is 3. The molecule has 132 valence electrons. The van der Waals surface area contributed by atoms with Crippen LogP contribution in [0.25, 0.3) is 11.3 Å². The number of carbonyl (C=O) groups excluding carboxylic acids is 1. The predicted octanol–water partition coefficient (Wildman–Crippen LogP) is 1.91. The van der Waals surface area contributed by atoms with E-state index in [0.29, 0.717) is 17.7 Å². The van der Waals surface area contributed by atoms with E-state index in [1.807, 2.05) is 30.3 Å². The summed E-state index contributed by atoms with van der Waals surface area (Å²) in [7, 11) is 0. The summed E-state index contributed by atoms with van der Waals surface area (Å²) in [6.45, 7) is -1.47. The van der Waals surface area contributed by atoms with E-state index in [4.69, 9.17) is 10.4 Å². The quantitative estimate of drug-likeness (QED) is 0.470. The van der Waals surface area contributed by atoms with Crippen molar-refractivity contribution in [1.29, 1.82) is 0 Å². The Bertz CT molecular complexity index is 769. The van der Waals surface area contributed by atoms with E-state index in [1.165, 1.54) is 0 Å². The highest BCUT2D eigenvalue weighted by Gasteiger charge is 2.26. The molecule has 0 spiro atoms. The summed E-state index contributed by atoms with van der Waals surface area (Å²) in [6.07, 6.45) is -3.81. The summed E-state index contributed by atoms with van der Waals surface area (Å²) in [6, 6.07) is 10.9. The van der Waals surface area contributed by atoms with Crippen molar-refractivity contribution in [3.63, 3.8) is 0 Å². The number of aromatic nitrogens is 1. The Labute approximate surface area is 140 Å². The molecule has 0 saturated carbocycles. The molecular formula is C15H14F3N5O2. The van der Waals surface area contributed by atoms with Crippen molar-refractivity contribution in [1.82, 2.24) is 10.5 Å². The van der Waals surface area contributed by atoms with Crippen LogP contribution in [-0.2, 0) is 11.3 Å². The van der Waals surface area contributed by atoms with Crippen LogP contribution in [0.2, 0.25) is 0 Å². The molecule has 2 rings (SSSR count). The molecule has 1 aromatic heterocycles. The van der Waals surface area contributed by atoms with Crippen molar-refractivity contribution in [2.24, 2.45) is 15.9 Å². The second kappa shape index (κ2) is 8.08. The number of nitrogens with zero attached hydrogens (tertiary/aromatic N) is 3. The summed E-state index contributed by atoms with van der Waals surface area (Å²) in [5.41, 5.74) is 0.990. The number of carbonyl (C=O) groups is 1. The number of amides is 1. The van der Waals surface area contributed by atoms with E-state index >= 15 is 0 Å². The molecule has 1 amide bonds. The lowest BCUT2D eigenvalue weighted by atomic mass is 10.1. The zero-order valence-corrected chi connectivity index (χ0v) is 12.8. The van der Waals surface area contributed by atoms with Gasteiger partial charge in [-0.3, -0.25) is 9.79 Å². The maximum absolute atomic E-state index is 12.0. The zero-order valence-electron chi connectivity index (χ0n) is 12.8. The van der Waals surface area contributed by atoms with Gasteiger partial charge in [0.15, 0.2) is 11.5 Å². The van der Waals surface area contributed by atoms with Gasteiger partial charge < -0.3 is 15.7 Å². The molecule has 0 bridgehead atoms. The van der Waals surface area contributed by atoms with Gasteiger partial charge in [-0.2, -0.15) is 18.3 Å². The fraction of sp³-hybridized carbons (Fsp3) is 0.200. The number of nitrogens with two attached hydrogens (primary N) is 1. The number of benzene rings is 1. The van der Waals surface area contributed by atoms with Crippen molar-refractivity contribution in [2.45, 2.75) is 12.7 Å². The highest BCUT2D eigenvalue weighted by atomic mass is 19.4. The molecule has 7 nitrogen and oxygen atoms in total. The molecule has 0 aliphatic rings. The maximum atomic E-state index is 12.0. The van der Waals surface area contributed by atoms with E-state index in [0.717, 1.165) is 5.56 Å². The molecule has 2 aromatic rings. The SMILES string of the molecule is N/N=C(\C=NCC(F)(F)F)C(=O)NCc1cc(-c2ccccc2)no1. The maximum Gasteiger partial charge on any atom is 0.407 e. The van der Waals surface area contributed by atoms with Gasteiger partial charge in [0.1, 0.15) is 12.2 Å². The molecule has 3 N–H and O–H groups in total. The minimum Gasteiger partial charge on any atom is -0.359 e. The van der Waals surface area contributed by atoms with E-state index in [9.17, 15) is 18.0 Å². The largest absolute Gasteiger partial charge is 0.407 e. The van der Waals surface area contributed by atoms with E-state index in [1.54, 1.807) is 6.07 Å². The number of aliphatic imine (C=N–C) groups is 1. The molecule has 0 aliphatic carbocycles. The van der Waals surface area contributed by atoms with Gasteiger partial charge in [-0.1, -0.05) is 35.5 Å². The van der Waals surface area contributed by atoms with Crippen LogP contribution < -0.4 is 11.2 Å². The van der Waals surface area contributed by atoms with Crippen LogP contribution in [0.3, 0.4) is 0 Å². The van der Waals surface area contributed by atoms with Gasteiger partial charge in [0, 0.05) is 11.6 Å². The lowest BCUT2D eigenvalue weighted by Gasteiger charge is -2.02. The summed E-state index contributed by atoms with van der Waals surface area (Å²) in [4.78, 5) is 14.9. The van der Waals surface area contributed by atoms with E-state index < -0.39 is 24.3 Å². The molecule has 0 saturated heterocycles. The topological polar surface area (TPSA) is 106 Å². The van der Waals surface area contributed by atoms with Crippen LogP contribution in [0.15, 0.2) is 51.0 Å². The average molecular weight is 353 g/mol. The Morgan fingerprint density at radius 1 is 1.32 bits per heavy atom. The number of hydrogen-bond acceptors (Lipinski definition) is 6. The van der Waals surface area contributed by atoms with E-state index in [2.05, 4.69) is 20.6 Å². The molecule has 0 aliphatic heterocycles. The third-order valence-electron chi connectivity index (χ3n) is 2.91. The van der Waals surface area contributed by atoms with Crippen LogP contribution in [0, 0.1) is 0 Å². The van der Waals surface area contributed by atoms with Crippen molar-refractivity contribution in [3.8, 4) is 11.3 Å². The minimum absolute atomic E-state index is 0.0369. The van der Waals surface area contributed by atoms with Crippen molar-refractivity contribution in [2.75, 3.05) is 6.54 Å². The summed E-state index contributed by atoms with van der Waals surface area (Å²) >= 11 is 0. The fourth-order valence-electron chi connectivity index (χ4n) is 1.79. The lowest BCUT2D eigenvalue weighted by molar-refractivity contribution is -0.118. The van der Waals surface area contributed by atoms with Gasteiger partial charge in [-0.15, -0.1) is 0 Å². The summed E-state index contributed by atoms with van der Waals surface area (Å²) < 4.78 is 41.1. The minimum atomic E-state index is -4.47. The highest BCUT2D eigenvalue weighted by molar-refractivity contribution is 6.60. The lowest BCUT2D eigenvalue weighted by Crippen LogP contribution is -2.32. The molecule has 1 heterocycles. The zero-order chi connectivity index (χ0) is 18.3. The van der Waals surface area contributed by atoms with Gasteiger partial charge in [-0.05, 0) is 0 Å². The normalized spacial score (nSPS) is 12.5. The Morgan fingerprint density at radius 3 is 2.68 bits per heavy atom. The number of rotatable bonds is 6. The average Bonchev–Trinajstić information content (AvgIpc) is 3.05. The molecular weight excluding hydrogens is 339 g/mol. The molecule has 10 heteroatoms. The van der Waals surface area contributed by atoms with Crippen LogP contribution in [-0.4, -0.2) is 35.7 Å². The number of hydrogen-bond donors (Lipinski definition) is 2. The summed E-state index contributed by atoms with van der Waals surface area (Å²) in [5, 5.41) is 9.39. The van der Waals surface area contributed by atoms with Crippen molar-refractivity contribution >= 4 is 17.8 Å².